The van der Waals surface area contributed by atoms with Gasteiger partial charge in [-0.2, -0.15) is 0 Å². The molecule has 0 spiro atoms. The van der Waals surface area contributed by atoms with Crippen molar-refractivity contribution in [2.45, 2.75) is 20.8 Å². The third-order valence-corrected chi connectivity index (χ3v) is 2.41. The third-order valence-electron chi connectivity index (χ3n) is 2.41. The average Bonchev–Trinajstić information content (AvgIpc) is 2.46. The van der Waals surface area contributed by atoms with Crippen molar-refractivity contribution in [3.8, 4) is 0 Å². The summed E-state index contributed by atoms with van der Waals surface area (Å²) in [6.45, 7) is 6.21. The molecule has 1 rings (SSSR count). The van der Waals surface area contributed by atoms with Crippen LogP contribution in [0.4, 0.5) is 0 Å². The highest BCUT2D eigenvalue weighted by molar-refractivity contribution is 5.70. The number of allylic oxidation sites excluding steroid dienone is 8. The van der Waals surface area contributed by atoms with Gasteiger partial charge in [-0.05, 0) is 12.5 Å². The monoisotopic (exact) mass is 228 g/mol. The summed E-state index contributed by atoms with van der Waals surface area (Å²) in [5.41, 5.74) is 7.62. The Hall–Kier alpha value is -1.83. The molecule has 1 aliphatic heterocycles. The van der Waals surface area contributed by atoms with E-state index >= 15 is 0 Å². The molecule has 0 aromatic rings. The quantitative estimate of drug-likeness (QED) is 0.737. The first-order valence-corrected chi connectivity index (χ1v) is 5.74. The van der Waals surface area contributed by atoms with Gasteiger partial charge < -0.3 is 5.73 Å². The highest BCUT2D eigenvalue weighted by atomic mass is 14.7. The number of nitrogens with two attached hydrogens (primary N) is 1. The topological polar surface area (TPSA) is 38.4 Å². The summed E-state index contributed by atoms with van der Waals surface area (Å²) in [7, 11) is 0. The molecule has 0 saturated carbocycles. The number of rotatable bonds is 3. The minimum absolute atomic E-state index is 0.00893. The van der Waals surface area contributed by atoms with Gasteiger partial charge in [-0.25, -0.2) is 0 Å². The van der Waals surface area contributed by atoms with Crippen LogP contribution >= 0.6 is 0 Å². The predicted octanol–water partition coefficient (Wildman–Crippen LogP) is 3.51. The molecule has 0 aromatic carbocycles. The molecule has 0 saturated heterocycles. The molecule has 17 heavy (non-hydrogen) atoms. The molecule has 2 nitrogen and oxygen atoms in total. The second-order valence-electron chi connectivity index (χ2n) is 4.52. The Morgan fingerprint density at radius 3 is 2.76 bits per heavy atom. The van der Waals surface area contributed by atoms with Crippen LogP contribution in [0.3, 0.4) is 0 Å². The SMILES string of the molecule is C/C=C/C=C\C(=C/N)C1=CN=CC(C)(C)C=C1. The predicted molar refractivity (Wildman–Crippen MR) is 75.7 cm³/mol. The summed E-state index contributed by atoms with van der Waals surface area (Å²) in [6, 6.07) is 0. The van der Waals surface area contributed by atoms with Gasteiger partial charge in [-0.15, -0.1) is 0 Å². The molecule has 0 atom stereocenters. The van der Waals surface area contributed by atoms with Gasteiger partial charge in [-0.3, -0.25) is 4.99 Å². The zero-order valence-electron chi connectivity index (χ0n) is 10.7. The number of nitrogens with zero attached hydrogens (tertiary/aromatic N) is 1. The third kappa shape index (κ3) is 4.27. The molecule has 0 amide bonds. The highest BCUT2D eigenvalue weighted by Crippen LogP contribution is 2.22. The van der Waals surface area contributed by atoms with Crippen molar-refractivity contribution in [1.29, 1.82) is 0 Å². The molecule has 1 aliphatic rings. The van der Waals surface area contributed by atoms with Crippen molar-refractivity contribution in [1.82, 2.24) is 0 Å². The van der Waals surface area contributed by atoms with Crippen LogP contribution in [-0.4, -0.2) is 6.21 Å². The molecule has 1 heterocycles. The van der Waals surface area contributed by atoms with Gasteiger partial charge >= 0.3 is 0 Å². The van der Waals surface area contributed by atoms with E-state index < -0.39 is 0 Å². The van der Waals surface area contributed by atoms with E-state index in [1.165, 1.54) is 0 Å². The second-order valence-corrected chi connectivity index (χ2v) is 4.52. The Morgan fingerprint density at radius 2 is 2.12 bits per heavy atom. The summed E-state index contributed by atoms with van der Waals surface area (Å²) in [4.78, 5) is 4.30. The van der Waals surface area contributed by atoms with E-state index in [1.54, 1.807) is 6.20 Å². The van der Waals surface area contributed by atoms with Crippen LogP contribution in [0.5, 0.6) is 0 Å². The first-order chi connectivity index (χ1) is 8.09. The molecule has 0 aromatic heterocycles. The molecular weight excluding hydrogens is 208 g/mol. The van der Waals surface area contributed by atoms with Crippen LogP contribution < -0.4 is 5.73 Å². The van der Waals surface area contributed by atoms with Gasteiger partial charge in [0.15, 0.2) is 0 Å². The summed E-state index contributed by atoms with van der Waals surface area (Å²) >= 11 is 0. The zero-order chi connectivity index (χ0) is 12.7. The van der Waals surface area contributed by atoms with Crippen molar-refractivity contribution in [3.63, 3.8) is 0 Å². The number of hydrogen-bond acceptors (Lipinski definition) is 2. The van der Waals surface area contributed by atoms with Crippen LogP contribution in [0.25, 0.3) is 0 Å². The van der Waals surface area contributed by atoms with Crippen LogP contribution in [0.15, 0.2) is 65.0 Å². The van der Waals surface area contributed by atoms with Crippen LogP contribution in [0.2, 0.25) is 0 Å². The van der Waals surface area contributed by atoms with E-state index in [4.69, 9.17) is 5.73 Å². The molecule has 0 unspecified atom stereocenters. The molecule has 2 N–H and O–H groups in total. The fourth-order valence-corrected chi connectivity index (χ4v) is 1.39. The first-order valence-electron chi connectivity index (χ1n) is 5.74. The van der Waals surface area contributed by atoms with Crippen molar-refractivity contribution in [3.05, 3.63) is 60.0 Å². The van der Waals surface area contributed by atoms with Crippen molar-refractivity contribution >= 4 is 6.21 Å². The normalized spacial score (nSPS) is 19.9. The Kier molecular flexibility index (Phi) is 4.70. The zero-order valence-corrected chi connectivity index (χ0v) is 10.7. The van der Waals surface area contributed by atoms with E-state index in [-0.39, 0.29) is 5.41 Å². The van der Waals surface area contributed by atoms with Crippen molar-refractivity contribution in [2.24, 2.45) is 16.1 Å². The lowest BCUT2D eigenvalue weighted by molar-refractivity contribution is 0.695. The molecule has 0 fully saturated rings. The molecule has 0 radical (unpaired) electrons. The molecule has 0 bridgehead atoms. The Morgan fingerprint density at radius 1 is 1.35 bits per heavy atom. The Balaban J connectivity index is 2.93. The molecule has 2 heteroatoms. The van der Waals surface area contributed by atoms with Crippen molar-refractivity contribution in [2.75, 3.05) is 0 Å². The minimum atomic E-state index is -0.00893. The number of hydrogen-bond donors (Lipinski definition) is 1. The maximum absolute atomic E-state index is 5.64. The van der Waals surface area contributed by atoms with Crippen LogP contribution in [-0.2, 0) is 0 Å². The summed E-state index contributed by atoms with van der Waals surface area (Å²) in [5.74, 6) is 0. The van der Waals surface area contributed by atoms with E-state index in [0.717, 1.165) is 11.1 Å². The smallest absolute Gasteiger partial charge is 0.0343 e. The summed E-state index contributed by atoms with van der Waals surface area (Å²) < 4.78 is 0. The minimum Gasteiger partial charge on any atom is -0.404 e. The van der Waals surface area contributed by atoms with E-state index in [9.17, 15) is 0 Å². The lowest BCUT2D eigenvalue weighted by atomic mass is 9.94. The van der Waals surface area contributed by atoms with Gasteiger partial charge in [-0.1, -0.05) is 50.3 Å². The van der Waals surface area contributed by atoms with E-state index in [0.29, 0.717) is 0 Å². The van der Waals surface area contributed by atoms with Gasteiger partial charge in [0.1, 0.15) is 0 Å². The van der Waals surface area contributed by atoms with E-state index in [2.05, 4.69) is 31.0 Å². The van der Waals surface area contributed by atoms with Crippen LogP contribution in [0.1, 0.15) is 20.8 Å². The summed E-state index contributed by atoms with van der Waals surface area (Å²) in [6.07, 6.45) is 17.4. The van der Waals surface area contributed by atoms with Gasteiger partial charge in [0.2, 0.25) is 0 Å². The molecular formula is C15H20N2. The maximum atomic E-state index is 5.64. The fourth-order valence-electron chi connectivity index (χ4n) is 1.39. The van der Waals surface area contributed by atoms with Crippen molar-refractivity contribution < 1.29 is 0 Å². The van der Waals surface area contributed by atoms with Crippen LogP contribution in [0, 0.1) is 5.41 Å². The second kappa shape index (κ2) is 6.04. The summed E-state index contributed by atoms with van der Waals surface area (Å²) in [5, 5.41) is 0. The highest BCUT2D eigenvalue weighted by Gasteiger charge is 2.12. The standard InChI is InChI=1S/C15H20N2/c1-4-5-6-7-13(10-16)14-8-9-15(2,3)12-17-11-14/h4-12H,16H2,1-3H3/b5-4+,7-6-,13-10+. The van der Waals surface area contributed by atoms with Gasteiger partial charge in [0.25, 0.3) is 0 Å². The maximum Gasteiger partial charge on any atom is 0.0343 e. The van der Waals surface area contributed by atoms with E-state index in [1.807, 2.05) is 43.6 Å². The largest absolute Gasteiger partial charge is 0.404 e. The van der Waals surface area contributed by atoms with Gasteiger partial charge in [0.05, 0.1) is 0 Å². The molecule has 0 aliphatic carbocycles. The lowest BCUT2D eigenvalue weighted by Gasteiger charge is -2.11. The first kappa shape index (κ1) is 13.2. The number of aliphatic imine (C=N–C) groups is 1. The molecule has 90 valence electrons. The fraction of sp³-hybridized carbons (Fsp3) is 0.267. The Labute approximate surface area is 104 Å². The Bertz CT molecular complexity index is 430. The van der Waals surface area contributed by atoms with Gasteiger partial charge in [0, 0.05) is 29.6 Å². The lowest BCUT2D eigenvalue weighted by Crippen LogP contribution is -2.07. The average molecular weight is 228 g/mol.